The van der Waals surface area contributed by atoms with Crippen LogP contribution in [0.3, 0.4) is 0 Å². The van der Waals surface area contributed by atoms with Crippen molar-refractivity contribution in [2.75, 3.05) is 32.7 Å². The molecule has 0 aromatic heterocycles. The summed E-state index contributed by atoms with van der Waals surface area (Å²) in [5.74, 6) is 0. The molecule has 18 heavy (non-hydrogen) atoms. The summed E-state index contributed by atoms with van der Waals surface area (Å²) in [5.41, 5.74) is 0. The number of unbranched alkanes of at least 4 members (excludes halogenated alkanes) is 1. The zero-order valence-corrected chi connectivity index (χ0v) is 12.6. The van der Waals surface area contributed by atoms with Crippen LogP contribution in [0.1, 0.15) is 52.9 Å². The van der Waals surface area contributed by atoms with Gasteiger partial charge in [-0.25, -0.2) is 0 Å². The first-order valence-corrected chi connectivity index (χ1v) is 7.88. The normalized spacial score (nSPS) is 24.0. The monoisotopic (exact) mass is 256 g/mol. The molecule has 1 heterocycles. The maximum absolute atomic E-state index is 6.12. The zero-order chi connectivity index (χ0) is 13.2. The molecular weight excluding hydrogens is 224 g/mol. The summed E-state index contributed by atoms with van der Waals surface area (Å²) in [7, 11) is 0. The lowest BCUT2D eigenvalue weighted by Gasteiger charge is -2.24. The second-order valence-corrected chi connectivity index (χ2v) is 5.41. The Bertz CT molecular complexity index is 199. The molecule has 2 unspecified atom stereocenters. The van der Waals surface area contributed by atoms with Gasteiger partial charge in [0, 0.05) is 13.1 Å². The third kappa shape index (κ3) is 6.17. The van der Waals surface area contributed by atoms with E-state index < -0.39 is 0 Å². The van der Waals surface area contributed by atoms with Gasteiger partial charge < -0.3 is 15.0 Å². The van der Waals surface area contributed by atoms with E-state index in [9.17, 15) is 0 Å². The van der Waals surface area contributed by atoms with E-state index in [1.807, 2.05) is 0 Å². The molecule has 0 aliphatic carbocycles. The molecule has 1 N–H and O–H groups in total. The first-order chi connectivity index (χ1) is 8.80. The lowest BCUT2D eigenvalue weighted by atomic mass is 10.2. The van der Waals surface area contributed by atoms with Crippen LogP contribution in [0.25, 0.3) is 0 Å². The van der Waals surface area contributed by atoms with Gasteiger partial charge in [0.25, 0.3) is 0 Å². The Morgan fingerprint density at radius 1 is 1.11 bits per heavy atom. The number of hydrogen-bond donors (Lipinski definition) is 1. The summed E-state index contributed by atoms with van der Waals surface area (Å²) >= 11 is 0. The summed E-state index contributed by atoms with van der Waals surface area (Å²) in [6.07, 6.45) is 7.18. The zero-order valence-electron chi connectivity index (χ0n) is 12.6. The number of likely N-dealkylation sites (N-methyl/N-ethyl adjacent to an activating group) is 1. The maximum Gasteiger partial charge on any atom is 0.0707 e. The largest absolute Gasteiger partial charge is 0.372 e. The van der Waals surface area contributed by atoms with Crippen LogP contribution in [0.15, 0.2) is 0 Å². The van der Waals surface area contributed by atoms with Gasteiger partial charge in [0.15, 0.2) is 0 Å². The van der Waals surface area contributed by atoms with Crippen molar-refractivity contribution in [3.05, 3.63) is 0 Å². The SMILES string of the molecule is CCCCN(CC)CC1CCC(CNCCC)O1. The van der Waals surface area contributed by atoms with Gasteiger partial charge in [-0.3, -0.25) is 0 Å². The minimum Gasteiger partial charge on any atom is -0.372 e. The predicted octanol–water partition coefficient (Wildman–Crippen LogP) is 2.66. The number of nitrogens with zero attached hydrogens (tertiary/aromatic N) is 1. The van der Waals surface area contributed by atoms with Gasteiger partial charge in [0.1, 0.15) is 0 Å². The van der Waals surface area contributed by atoms with Crippen LogP contribution in [0, 0.1) is 0 Å². The van der Waals surface area contributed by atoms with Gasteiger partial charge in [0.2, 0.25) is 0 Å². The first-order valence-electron chi connectivity index (χ1n) is 7.88. The predicted molar refractivity (Wildman–Crippen MR) is 78.1 cm³/mol. The Balaban J connectivity index is 2.15. The number of hydrogen-bond acceptors (Lipinski definition) is 3. The van der Waals surface area contributed by atoms with Crippen molar-refractivity contribution >= 4 is 0 Å². The Kier molecular flexibility index (Phi) is 8.64. The summed E-state index contributed by atoms with van der Waals surface area (Å²) in [6, 6.07) is 0. The molecule has 1 fully saturated rings. The highest BCUT2D eigenvalue weighted by molar-refractivity contribution is 4.77. The van der Waals surface area contributed by atoms with Crippen molar-refractivity contribution in [1.29, 1.82) is 0 Å². The second kappa shape index (κ2) is 9.76. The van der Waals surface area contributed by atoms with Crippen LogP contribution < -0.4 is 5.32 Å². The maximum atomic E-state index is 6.12. The Morgan fingerprint density at radius 2 is 1.89 bits per heavy atom. The van der Waals surface area contributed by atoms with E-state index in [1.54, 1.807) is 0 Å². The molecule has 0 bridgehead atoms. The highest BCUT2D eigenvalue weighted by atomic mass is 16.5. The van der Waals surface area contributed by atoms with Gasteiger partial charge in [0.05, 0.1) is 12.2 Å². The fourth-order valence-electron chi connectivity index (χ4n) is 2.55. The van der Waals surface area contributed by atoms with Crippen molar-refractivity contribution < 1.29 is 4.74 Å². The van der Waals surface area contributed by atoms with Gasteiger partial charge in [-0.1, -0.05) is 27.2 Å². The van der Waals surface area contributed by atoms with Crippen LogP contribution in [0.5, 0.6) is 0 Å². The molecule has 1 aliphatic heterocycles. The lowest BCUT2D eigenvalue weighted by molar-refractivity contribution is 0.0241. The smallest absolute Gasteiger partial charge is 0.0707 e. The first kappa shape index (κ1) is 15.9. The highest BCUT2D eigenvalue weighted by Crippen LogP contribution is 2.20. The van der Waals surface area contributed by atoms with Gasteiger partial charge in [-0.15, -0.1) is 0 Å². The van der Waals surface area contributed by atoms with E-state index >= 15 is 0 Å². The van der Waals surface area contributed by atoms with Crippen LogP contribution in [-0.2, 0) is 4.74 Å². The number of nitrogens with one attached hydrogen (secondary N) is 1. The second-order valence-electron chi connectivity index (χ2n) is 5.41. The standard InChI is InChI=1S/C15H32N2O/c1-4-7-11-17(6-3)13-15-9-8-14(18-15)12-16-10-5-2/h14-16H,4-13H2,1-3H3. The fraction of sp³-hybridized carbons (Fsp3) is 1.00. The highest BCUT2D eigenvalue weighted by Gasteiger charge is 2.25. The average molecular weight is 256 g/mol. The van der Waals surface area contributed by atoms with Crippen LogP contribution in [0.2, 0.25) is 0 Å². The molecule has 0 radical (unpaired) electrons. The van der Waals surface area contributed by atoms with Crippen molar-refractivity contribution in [2.24, 2.45) is 0 Å². The van der Waals surface area contributed by atoms with Crippen molar-refractivity contribution in [3.8, 4) is 0 Å². The molecule has 0 aromatic rings. The van der Waals surface area contributed by atoms with E-state index in [1.165, 1.54) is 38.6 Å². The minimum absolute atomic E-state index is 0.450. The van der Waals surface area contributed by atoms with Gasteiger partial charge in [-0.2, -0.15) is 0 Å². The van der Waals surface area contributed by atoms with E-state index in [-0.39, 0.29) is 0 Å². The fourth-order valence-corrected chi connectivity index (χ4v) is 2.55. The number of ether oxygens (including phenoxy) is 1. The Hall–Kier alpha value is -0.120. The molecule has 3 nitrogen and oxygen atoms in total. The molecule has 3 heteroatoms. The van der Waals surface area contributed by atoms with Crippen molar-refractivity contribution in [1.82, 2.24) is 10.2 Å². The van der Waals surface area contributed by atoms with E-state index in [4.69, 9.17) is 4.74 Å². The third-order valence-corrected chi connectivity index (χ3v) is 3.73. The molecule has 1 aliphatic rings. The lowest BCUT2D eigenvalue weighted by Crippen LogP contribution is -2.34. The molecule has 0 spiro atoms. The van der Waals surface area contributed by atoms with Gasteiger partial charge in [-0.05, 0) is 45.3 Å². The van der Waals surface area contributed by atoms with Crippen LogP contribution in [-0.4, -0.2) is 49.8 Å². The summed E-state index contributed by atoms with van der Waals surface area (Å²) < 4.78 is 6.12. The summed E-state index contributed by atoms with van der Waals surface area (Å²) in [4.78, 5) is 2.54. The topological polar surface area (TPSA) is 24.5 Å². The van der Waals surface area contributed by atoms with Crippen molar-refractivity contribution in [3.63, 3.8) is 0 Å². The van der Waals surface area contributed by atoms with E-state index in [0.29, 0.717) is 12.2 Å². The van der Waals surface area contributed by atoms with Crippen LogP contribution in [0.4, 0.5) is 0 Å². The quantitative estimate of drug-likeness (QED) is 0.608. The summed E-state index contributed by atoms with van der Waals surface area (Å²) in [5, 5.41) is 3.46. The minimum atomic E-state index is 0.450. The molecule has 1 saturated heterocycles. The Labute approximate surface area is 113 Å². The van der Waals surface area contributed by atoms with E-state index in [0.717, 1.165) is 26.2 Å². The summed E-state index contributed by atoms with van der Waals surface area (Å²) in [6.45, 7) is 12.4. The molecule has 108 valence electrons. The average Bonchev–Trinajstić information content (AvgIpc) is 2.82. The van der Waals surface area contributed by atoms with Crippen LogP contribution >= 0.6 is 0 Å². The van der Waals surface area contributed by atoms with Gasteiger partial charge >= 0.3 is 0 Å². The van der Waals surface area contributed by atoms with Crippen molar-refractivity contribution in [2.45, 2.75) is 65.1 Å². The number of rotatable bonds is 10. The molecule has 1 rings (SSSR count). The molecular formula is C15H32N2O. The Morgan fingerprint density at radius 3 is 2.56 bits per heavy atom. The molecule has 0 saturated carbocycles. The molecule has 0 amide bonds. The third-order valence-electron chi connectivity index (χ3n) is 3.73. The molecule has 0 aromatic carbocycles. The molecule has 2 atom stereocenters. The van der Waals surface area contributed by atoms with E-state index in [2.05, 4.69) is 31.0 Å².